The number of halogens is 4. The summed E-state index contributed by atoms with van der Waals surface area (Å²) in [6, 6.07) is 18.2. The fourth-order valence-corrected chi connectivity index (χ4v) is 6.23. The van der Waals surface area contributed by atoms with E-state index in [0.717, 1.165) is 17.8 Å². The van der Waals surface area contributed by atoms with Gasteiger partial charge in [0.05, 0.1) is 27.9 Å². The van der Waals surface area contributed by atoms with Gasteiger partial charge in [0.15, 0.2) is 0 Å². The summed E-state index contributed by atoms with van der Waals surface area (Å²) >= 11 is 0. The number of nitrogens with zero attached hydrogens (tertiary/aromatic N) is 3. The van der Waals surface area contributed by atoms with Gasteiger partial charge in [-0.25, -0.2) is 17.9 Å². The van der Waals surface area contributed by atoms with Crippen LogP contribution in [0.5, 0.6) is 0 Å². The van der Waals surface area contributed by atoms with Crippen molar-refractivity contribution >= 4 is 22.7 Å². The molecule has 2 N–H and O–H groups in total. The van der Waals surface area contributed by atoms with E-state index in [0.29, 0.717) is 46.9 Å². The standard InChI is InChI=1S/C31H29F4N5O2S/c1-20(26-5-2-3-15-36-26)38-29-18-21(17-27(39-29)22-7-9-23(10-8-22)31(33,34)35)19-37-30(41)28-6-4-16-40(28)43(42)25-13-11-24(32)12-14-25/h2-3,5,7-15,17-18,20,28H,4,6,16,19H2,1H3,(H,37,41)(H,38,39)/t20?,28-,43?/m0/s1. The summed E-state index contributed by atoms with van der Waals surface area (Å²) < 4.78 is 67.5. The molecule has 1 fully saturated rings. The lowest BCUT2D eigenvalue weighted by Gasteiger charge is -2.23. The summed E-state index contributed by atoms with van der Waals surface area (Å²) in [4.78, 5) is 22.7. The molecule has 0 radical (unpaired) electrons. The van der Waals surface area contributed by atoms with Crippen LogP contribution in [-0.4, -0.2) is 37.0 Å². The van der Waals surface area contributed by atoms with Crippen LogP contribution < -0.4 is 10.6 Å². The second kappa shape index (κ2) is 13.0. The highest BCUT2D eigenvalue weighted by Gasteiger charge is 2.35. The maximum Gasteiger partial charge on any atom is 0.416 e. The van der Waals surface area contributed by atoms with E-state index in [1.165, 1.54) is 36.4 Å². The minimum absolute atomic E-state index is 0.106. The lowest BCUT2D eigenvalue weighted by molar-refractivity contribution is -0.137. The van der Waals surface area contributed by atoms with Crippen LogP contribution in [0.2, 0.25) is 0 Å². The number of nitrogens with one attached hydrogen (secondary N) is 2. The second-order valence-corrected chi connectivity index (χ2v) is 11.6. The van der Waals surface area contributed by atoms with E-state index < -0.39 is 34.6 Å². The molecule has 0 spiro atoms. The molecular formula is C31H29F4N5O2S. The van der Waals surface area contributed by atoms with Crippen molar-refractivity contribution in [3.63, 3.8) is 0 Å². The first-order valence-corrected chi connectivity index (χ1v) is 14.8. The van der Waals surface area contributed by atoms with E-state index >= 15 is 0 Å². The molecule has 2 unspecified atom stereocenters. The summed E-state index contributed by atoms with van der Waals surface area (Å²) in [5, 5.41) is 6.20. The zero-order valence-electron chi connectivity index (χ0n) is 23.1. The van der Waals surface area contributed by atoms with Crippen LogP contribution in [-0.2, 0) is 28.5 Å². The van der Waals surface area contributed by atoms with Crippen LogP contribution in [0.3, 0.4) is 0 Å². The summed E-state index contributed by atoms with van der Waals surface area (Å²) in [7, 11) is -1.63. The number of carbonyl (C=O) groups is 1. The number of pyridine rings is 2. The molecule has 2 aromatic heterocycles. The Morgan fingerprint density at radius 2 is 1.81 bits per heavy atom. The fraction of sp³-hybridized carbons (Fsp3) is 0.258. The number of hydrogen-bond donors (Lipinski definition) is 2. The van der Waals surface area contributed by atoms with E-state index in [4.69, 9.17) is 0 Å². The van der Waals surface area contributed by atoms with Crippen LogP contribution in [0.1, 0.15) is 42.6 Å². The predicted molar refractivity (Wildman–Crippen MR) is 155 cm³/mol. The highest BCUT2D eigenvalue weighted by atomic mass is 32.2. The second-order valence-electron chi connectivity index (χ2n) is 10.2. The van der Waals surface area contributed by atoms with Gasteiger partial charge in [-0.15, -0.1) is 0 Å². The quantitative estimate of drug-likeness (QED) is 0.218. The highest BCUT2D eigenvalue weighted by molar-refractivity contribution is 7.82. The third-order valence-corrected chi connectivity index (χ3v) is 8.63. The molecule has 3 atom stereocenters. The van der Waals surface area contributed by atoms with Gasteiger partial charge in [0.2, 0.25) is 5.91 Å². The van der Waals surface area contributed by atoms with Crippen molar-refractivity contribution in [2.45, 2.75) is 49.5 Å². The molecule has 0 aliphatic carbocycles. The first kappa shape index (κ1) is 30.3. The van der Waals surface area contributed by atoms with Crippen LogP contribution >= 0.6 is 0 Å². The molecule has 5 rings (SSSR count). The van der Waals surface area contributed by atoms with E-state index in [1.807, 2.05) is 19.1 Å². The third kappa shape index (κ3) is 7.44. The molecule has 12 heteroatoms. The lowest BCUT2D eigenvalue weighted by Crippen LogP contribution is -2.43. The van der Waals surface area contributed by atoms with Gasteiger partial charge in [0.1, 0.15) is 28.7 Å². The molecule has 0 bridgehead atoms. The molecule has 2 aromatic carbocycles. The van der Waals surface area contributed by atoms with Crippen LogP contribution in [0.25, 0.3) is 11.3 Å². The lowest BCUT2D eigenvalue weighted by atomic mass is 10.1. The van der Waals surface area contributed by atoms with Crippen molar-refractivity contribution in [2.75, 3.05) is 11.9 Å². The van der Waals surface area contributed by atoms with Gasteiger partial charge >= 0.3 is 6.18 Å². The predicted octanol–water partition coefficient (Wildman–Crippen LogP) is 6.28. The van der Waals surface area contributed by atoms with Gasteiger partial charge in [-0.2, -0.15) is 13.2 Å². The minimum Gasteiger partial charge on any atom is -0.362 e. The Hall–Kier alpha value is -4.16. The average Bonchev–Trinajstić information content (AvgIpc) is 3.50. The topological polar surface area (TPSA) is 87.2 Å². The molecular weight excluding hydrogens is 582 g/mol. The number of anilines is 1. The van der Waals surface area contributed by atoms with Gasteiger partial charge in [0, 0.05) is 24.8 Å². The average molecular weight is 612 g/mol. The molecule has 3 heterocycles. The Balaban J connectivity index is 1.36. The Labute approximate surface area is 249 Å². The number of benzene rings is 2. The first-order chi connectivity index (χ1) is 20.6. The van der Waals surface area contributed by atoms with Gasteiger partial charge < -0.3 is 10.6 Å². The molecule has 1 amide bonds. The van der Waals surface area contributed by atoms with Gasteiger partial charge in [0.25, 0.3) is 0 Å². The normalized spacial score (nSPS) is 16.9. The largest absolute Gasteiger partial charge is 0.416 e. The molecule has 0 saturated carbocycles. The van der Waals surface area contributed by atoms with Crippen molar-refractivity contribution in [1.82, 2.24) is 19.6 Å². The monoisotopic (exact) mass is 611 g/mol. The Morgan fingerprint density at radius 3 is 2.49 bits per heavy atom. The van der Waals surface area contributed by atoms with Crippen LogP contribution in [0.15, 0.2) is 90.0 Å². The van der Waals surface area contributed by atoms with Crippen molar-refractivity contribution in [3.8, 4) is 11.3 Å². The van der Waals surface area contributed by atoms with Gasteiger partial charge in [-0.1, -0.05) is 18.2 Å². The maximum absolute atomic E-state index is 13.3. The van der Waals surface area contributed by atoms with Crippen LogP contribution in [0, 0.1) is 5.82 Å². The Kier molecular flexibility index (Phi) is 9.16. The number of hydrogen-bond acceptors (Lipinski definition) is 5. The summed E-state index contributed by atoms with van der Waals surface area (Å²) in [6.07, 6.45) is -1.59. The molecule has 224 valence electrons. The minimum atomic E-state index is -4.46. The van der Waals surface area contributed by atoms with Crippen molar-refractivity contribution in [1.29, 1.82) is 0 Å². The van der Waals surface area contributed by atoms with Gasteiger partial charge in [-0.3, -0.25) is 9.78 Å². The zero-order chi connectivity index (χ0) is 30.6. The number of rotatable bonds is 9. The molecule has 43 heavy (non-hydrogen) atoms. The van der Waals surface area contributed by atoms with E-state index in [1.54, 1.807) is 28.7 Å². The first-order valence-electron chi connectivity index (χ1n) is 13.7. The number of carbonyl (C=O) groups excluding carboxylic acids is 1. The van der Waals surface area contributed by atoms with E-state index in [9.17, 15) is 26.6 Å². The van der Waals surface area contributed by atoms with E-state index in [2.05, 4.69) is 20.6 Å². The summed E-state index contributed by atoms with van der Waals surface area (Å²) in [5.41, 5.74) is 1.58. The fourth-order valence-electron chi connectivity index (χ4n) is 4.86. The number of alkyl halides is 3. The highest BCUT2D eigenvalue weighted by Crippen LogP contribution is 2.31. The van der Waals surface area contributed by atoms with Crippen molar-refractivity contribution < 1.29 is 26.6 Å². The Morgan fingerprint density at radius 1 is 1.07 bits per heavy atom. The SMILES string of the molecule is CC(Nc1cc(CNC(=O)[C@@H]2CCCN2S(=O)c2ccc(F)cc2)cc(-c2ccc(C(F)(F)F)cc2)n1)c1ccccn1. The number of aromatic nitrogens is 2. The molecule has 7 nitrogen and oxygen atoms in total. The molecule has 1 aliphatic rings. The van der Waals surface area contributed by atoms with E-state index in [-0.39, 0.29) is 18.5 Å². The molecule has 1 aliphatic heterocycles. The summed E-state index contributed by atoms with van der Waals surface area (Å²) in [5.74, 6) is -0.287. The van der Waals surface area contributed by atoms with Crippen LogP contribution in [0.4, 0.5) is 23.4 Å². The number of amides is 1. The molecule has 4 aromatic rings. The maximum atomic E-state index is 13.3. The van der Waals surface area contributed by atoms with Crippen molar-refractivity contribution in [3.05, 3.63) is 108 Å². The van der Waals surface area contributed by atoms with Gasteiger partial charge in [-0.05, 0) is 86.0 Å². The summed E-state index contributed by atoms with van der Waals surface area (Å²) in [6.45, 7) is 2.47. The van der Waals surface area contributed by atoms with Crippen molar-refractivity contribution in [2.24, 2.45) is 0 Å². The smallest absolute Gasteiger partial charge is 0.362 e. The third-order valence-electron chi connectivity index (χ3n) is 7.09. The Bertz CT molecular complexity index is 1590. The molecule has 1 saturated heterocycles. The zero-order valence-corrected chi connectivity index (χ0v) is 24.0.